The molecular weight excluding hydrogens is 266 g/mol. The van der Waals surface area contributed by atoms with Crippen LogP contribution in [0.2, 0.25) is 0 Å². The minimum Gasteiger partial charge on any atom is -0.373 e. The summed E-state index contributed by atoms with van der Waals surface area (Å²) < 4.78 is 26.0. The number of halogens is 2. The Morgan fingerprint density at radius 2 is 1.70 bits per heavy atom. The minimum atomic E-state index is -0.584. The maximum atomic E-state index is 13.2. The molecule has 104 valence electrons. The number of anilines is 1. The summed E-state index contributed by atoms with van der Waals surface area (Å²) in [7, 11) is 0. The van der Waals surface area contributed by atoms with E-state index < -0.39 is 10.7 Å². The molecule has 0 aromatic heterocycles. The van der Waals surface area contributed by atoms with E-state index >= 15 is 0 Å². The van der Waals surface area contributed by atoms with Crippen molar-refractivity contribution in [3.05, 3.63) is 69.8 Å². The molecule has 0 amide bonds. The highest BCUT2D eigenvalue weighted by Gasteiger charge is 2.16. The summed E-state index contributed by atoms with van der Waals surface area (Å²) in [6.07, 6.45) is 0. The van der Waals surface area contributed by atoms with E-state index in [2.05, 4.69) is 5.32 Å². The first-order valence-electron chi connectivity index (χ1n) is 5.93. The molecule has 2 aromatic rings. The van der Waals surface area contributed by atoms with E-state index in [0.29, 0.717) is 0 Å². The third-order valence-electron chi connectivity index (χ3n) is 2.90. The molecule has 0 radical (unpaired) electrons. The number of nitrogens with one attached hydrogen (secondary N) is 1. The zero-order chi connectivity index (χ0) is 14.7. The topological polar surface area (TPSA) is 55.2 Å². The van der Waals surface area contributed by atoms with Gasteiger partial charge in [-0.25, -0.2) is 8.78 Å². The number of nitro benzene ring substituents is 1. The summed E-state index contributed by atoms with van der Waals surface area (Å²) in [5.74, 6) is -0.929. The SMILES string of the molecule is CC(Nc1cc(F)ccc1[N+](=O)[O-])c1ccc(F)cc1. The molecule has 0 bridgehead atoms. The van der Waals surface area contributed by atoms with Crippen LogP contribution in [0.25, 0.3) is 0 Å². The molecule has 0 aliphatic heterocycles. The Hall–Kier alpha value is -2.50. The molecule has 0 saturated carbocycles. The van der Waals surface area contributed by atoms with Crippen molar-refractivity contribution in [3.8, 4) is 0 Å². The zero-order valence-corrected chi connectivity index (χ0v) is 10.6. The third kappa shape index (κ3) is 3.09. The zero-order valence-electron chi connectivity index (χ0n) is 10.6. The highest BCUT2D eigenvalue weighted by Crippen LogP contribution is 2.28. The standard InChI is InChI=1S/C14H12F2N2O2/c1-9(10-2-4-11(15)5-3-10)17-13-8-12(16)6-7-14(13)18(19)20/h2-9,17H,1H3. The normalized spacial score (nSPS) is 11.9. The van der Waals surface area contributed by atoms with E-state index in [9.17, 15) is 18.9 Å². The molecule has 2 rings (SSSR count). The van der Waals surface area contributed by atoms with Crippen LogP contribution < -0.4 is 5.32 Å². The van der Waals surface area contributed by atoms with Gasteiger partial charge < -0.3 is 5.32 Å². The van der Waals surface area contributed by atoms with E-state index in [1.54, 1.807) is 19.1 Å². The van der Waals surface area contributed by atoms with Crippen LogP contribution in [0.3, 0.4) is 0 Å². The lowest BCUT2D eigenvalue weighted by molar-refractivity contribution is -0.384. The van der Waals surface area contributed by atoms with Crippen LogP contribution in [-0.2, 0) is 0 Å². The van der Waals surface area contributed by atoms with Crippen LogP contribution >= 0.6 is 0 Å². The molecule has 0 aliphatic rings. The van der Waals surface area contributed by atoms with Gasteiger partial charge in [-0.3, -0.25) is 10.1 Å². The molecule has 4 nitrogen and oxygen atoms in total. The summed E-state index contributed by atoms with van der Waals surface area (Å²) >= 11 is 0. The molecule has 0 fully saturated rings. The largest absolute Gasteiger partial charge is 0.373 e. The summed E-state index contributed by atoms with van der Waals surface area (Å²) in [5, 5.41) is 13.8. The molecule has 2 aromatic carbocycles. The number of nitro groups is 1. The van der Waals surface area contributed by atoms with Crippen molar-refractivity contribution in [2.45, 2.75) is 13.0 Å². The number of nitrogens with zero attached hydrogens (tertiary/aromatic N) is 1. The highest BCUT2D eigenvalue weighted by atomic mass is 19.1. The Balaban J connectivity index is 2.27. The third-order valence-corrected chi connectivity index (χ3v) is 2.90. The minimum absolute atomic E-state index is 0.0897. The van der Waals surface area contributed by atoms with Crippen molar-refractivity contribution in [2.24, 2.45) is 0 Å². The second kappa shape index (κ2) is 5.64. The number of rotatable bonds is 4. The lowest BCUT2D eigenvalue weighted by Crippen LogP contribution is -2.08. The van der Waals surface area contributed by atoms with Gasteiger partial charge in [0.25, 0.3) is 5.69 Å². The lowest BCUT2D eigenvalue weighted by Gasteiger charge is -2.15. The number of hydrogen-bond donors (Lipinski definition) is 1. The maximum Gasteiger partial charge on any atom is 0.292 e. The molecular formula is C14H12F2N2O2. The van der Waals surface area contributed by atoms with E-state index in [1.807, 2.05) is 0 Å². The Bertz CT molecular complexity index is 630. The van der Waals surface area contributed by atoms with Crippen molar-refractivity contribution in [1.82, 2.24) is 0 Å². The fraction of sp³-hybridized carbons (Fsp3) is 0.143. The van der Waals surface area contributed by atoms with Crippen molar-refractivity contribution < 1.29 is 13.7 Å². The average Bonchev–Trinajstić information content (AvgIpc) is 2.39. The molecule has 0 heterocycles. The second-order valence-corrected chi connectivity index (χ2v) is 4.34. The van der Waals surface area contributed by atoms with E-state index in [4.69, 9.17) is 0 Å². The van der Waals surface area contributed by atoms with Gasteiger partial charge in [0, 0.05) is 18.2 Å². The van der Waals surface area contributed by atoms with Crippen molar-refractivity contribution >= 4 is 11.4 Å². The number of hydrogen-bond acceptors (Lipinski definition) is 3. The van der Waals surface area contributed by atoms with Gasteiger partial charge in [-0.15, -0.1) is 0 Å². The van der Waals surface area contributed by atoms with Crippen molar-refractivity contribution in [1.29, 1.82) is 0 Å². The molecule has 1 unspecified atom stereocenters. The van der Waals surface area contributed by atoms with Crippen molar-refractivity contribution in [3.63, 3.8) is 0 Å². The summed E-state index contributed by atoms with van der Waals surface area (Å²) in [6.45, 7) is 1.75. The average molecular weight is 278 g/mol. The number of benzene rings is 2. The maximum absolute atomic E-state index is 13.2. The first-order valence-corrected chi connectivity index (χ1v) is 5.93. The van der Waals surface area contributed by atoms with Crippen LogP contribution in [0.4, 0.5) is 20.2 Å². The smallest absolute Gasteiger partial charge is 0.292 e. The summed E-state index contributed by atoms with van der Waals surface area (Å²) in [4.78, 5) is 10.3. The van der Waals surface area contributed by atoms with E-state index in [-0.39, 0.29) is 23.2 Å². The highest BCUT2D eigenvalue weighted by molar-refractivity contribution is 5.62. The van der Waals surface area contributed by atoms with E-state index in [0.717, 1.165) is 23.8 Å². The predicted octanol–water partition coefficient (Wildman–Crippen LogP) is 4.05. The first kappa shape index (κ1) is 13.9. The van der Waals surface area contributed by atoms with Crippen LogP contribution in [0.15, 0.2) is 42.5 Å². The van der Waals surface area contributed by atoms with Crippen LogP contribution in [-0.4, -0.2) is 4.92 Å². The van der Waals surface area contributed by atoms with Crippen LogP contribution in [0.1, 0.15) is 18.5 Å². The summed E-state index contributed by atoms with van der Waals surface area (Å²) in [6, 6.07) is 8.62. The van der Waals surface area contributed by atoms with Crippen LogP contribution in [0, 0.1) is 21.7 Å². The monoisotopic (exact) mass is 278 g/mol. The first-order chi connectivity index (χ1) is 9.47. The quantitative estimate of drug-likeness (QED) is 0.678. The van der Waals surface area contributed by atoms with Gasteiger partial charge in [-0.1, -0.05) is 12.1 Å². The molecule has 1 atom stereocenters. The van der Waals surface area contributed by atoms with Gasteiger partial charge in [0.1, 0.15) is 17.3 Å². The van der Waals surface area contributed by atoms with Crippen molar-refractivity contribution in [2.75, 3.05) is 5.32 Å². The van der Waals surface area contributed by atoms with Crippen LogP contribution in [0.5, 0.6) is 0 Å². The second-order valence-electron chi connectivity index (χ2n) is 4.34. The Morgan fingerprint density at radius 1 is 1.10 bits per heavy atom. The predicted molar refractivity (Wildman–Crippen MR) is 71.5 cm³/mol. The van der Waals surface area contributed by atoms with Gasteiger partial charge >= 0.3 is 0 Å². The summed E-state index contributed by atoms with van der Waals surface area (Å²) in [5.41, 5.74) is 0.622. The van der Waals surface area contributed by atoms with Gasteiger partial charge in [-0.2, -0.15) is 0 Å². The van der Waals surface area contributed by atoms with Gasteiger partial charge in [0.05, 0.1) is 4.92 Å². The Morgan fingerprint density at radius 3 is 2.30 bits per heavy atom. The Labute approximate surface area is 114 Å². The van der Waals surface area contributed by atoms with Gasteiger partial charge in [0.2, 0.25) is 0 Å². The fourth-order valence-corrected chi connectivity index (χ4v) is 1.85. The lowest BCUT2D eigenvalue weighted by atomic mass is 10.1. The van der Waals surface area contributed by atoms with E-state index in [1.165, 1.54) is 12.1 Å². The van der Waals surface area contributed by atoms with Gasteiger partial charge in [-0.05, 0) is 30.7 Å². The molecule has 6 heteroatoms. The van der Waals surface area contributed by atoms with Gasteiger partial charge in [0.15, 0.2) is 0 Å². The fourth-order valence-electron chi connectivity index (χ4n) is 1.85. The Kier molecular flexibility index (Phi) is 3.93. The molecule has 20 heavy (non-hydrogen) atoms. The molecule has 0 saturated heterocycles. The molecule has 0 aliphatic carbocycles. The molecule has 1 N–H and O–H groups in total. The molecule has 0 spiro atoms.